The molecule has 0 saturated heterocycles. The summed E-state index contributed by atoms with van der Waals surface area (Å²) < 4.78 is 0. The Labute approximate surface area is 76.9 Å². The van der Waals surface area contributed by atoms with E-state index in [1.807, 2.05) is 24.3 Å². The fourth-order valence-corrected chi connectivity index (χ4v) is 1.08. The largest absolute Gasteiger partial charge is 0.339 e. The highest BCUT2D eigenvalue weighted by molar-refractivity contribution is 5.47. The number of carbonyl (C=O) groups excluding carboxylic acids is 1. The van der Waals surface area contributed by atoms with Gasteiger partial charge >= 0.3 is 0 Å². The number of nitrogens with one attached hydrogen (secondary N) is 1. The van der Waals surface area contributed by atoms with Crippen molar-refractivity contribution in [1.29, 1.82) is 0 Å². The van der Waals surface area contributed by atoms with Crippen LogP contribution in [0.3, 0.4) is 0 Å². The number of hydrogen-bond acceptors (Lipinski definition) is 3. The van der Waals surface area contributed by atoms with E-state index >= 15 is 0 Å². The van der Waals surface area contributed by atoms with Gasteiger partial charge in [0, 0.05) is 6.54 Å². The zero-order valence-corrected chi connectivity index (χ0v) is 7.23. The molecule has 5 N–H and O–H groups in total. The van der Waals surface area contributed by atoms with E-state index in [-0.39, 0.29) is 0 Å². The normalized spacial score (nSPS) is 12.2. The second kappa shape index (κ2) is 4.59. The summed E-state index contributed by atoms with van der Waals surface area (Å²) in [5.41, 5.74) is 13.0. The van der Waals surface area contributed by atoms with E-state index in [4.69, 9.17) is 11.5 Å². The first-order valence-corrected chi connectivity index (χ1v) is 4.02. The number of nitrogens with two attached hydrogens (primary N) is 2. The first kappa shape index (κ1) is 9.70. The van der Waals surface area contributed by atoms with Gasteiger partial charge in [0.25, 0.3) is 0 Å². The molecule has 70 valence electrons. The molecule has 0 radical (unpaired) electrons. The first-order chi connectivity index (χ1) is 6.27. The summed E-state index contributed by atoms with van der Waals surface area (Å²) in [7, 11) is 0. The Kier molecular flexibility index (Phi) is 3.42. The lowest BCUT2D eigenvalue weighted by Gasteiger charge is -2.11. The second-order valence-electron chi connectivity index (χ2n) is 2.71. The van der Waals surface area contributed by atoms with Gasteiger partial charge in [0.1, 0.15) is 6.17 Å². The number of rotatable bonds is 4. The van der Waals surface area contributed by atoms with Crippen molar-refractivity contribution >= 4 is 6.41 Å². The molecule has 1 amide bonds. The molecule has 0 aliphatic rings. The van der Waals surface area contributed by atoms with Crippen LogP contribution in [0.25, 0.3) is 0 Å². The molecule has 0 aliphatic carbocycles. The van der Waals surface area contributed by atoms with Gasteiger partial charge in [-0.3, -0.25) is 4.79 Å². The van der Waals surface area contributed by atoms with Gasteiger partial charge in [-0.05, 0) is 11.1 Å². The number of amides is 1. The monoisotopic (exact) mass is 179 g/mol. The summed E-state index contributed by atoms with van der Waals surface area (Å²) >= 11 is 0. The molecule has 1 aromatic rings. The summed E-state index contributed by atoms with van der Waals surface area (Å²) in [4.78, 5) is 10.1. The zero-order chi connectivity index (χ0) is 9.68. The van der Waals surface area contributed by atoms with Gasteiger partial charge < -0.3 is 16.8 Å². The highest BCUT2D eigenvalue weighted by Gasteiger charge is 2.03. The van der Waals surface area contributed by atoms with E-state index in [0.29, 0.717) is 13.0 Å². The maximum Gasteiger partial charge on any atom is 0.208 e. The highest BCUT2D eigenvalue weighted by Crippen LogP contribution is 2.09. The third kappa shape index (κ3) is 2.54. The topological polar surface area (TPSA) is 81.1 Å². The zero-order valence-electron chi connectivity index (χ0n) is 7.23. The van der Waals surface area contributed by atoms with Crippen LogP contribution in [-0.4, -0.2) is 6.41 Å². The molecule has 1 rings (SSSR count). The number of benzene rings is 1. The minimum Gasteiger partial charge on any atom is -0.339 e. The smallest absolute Gasteiger partial charge is 0.208 e. The van der Waals surface area contributed by atoms with Crippen molar-refractivity contribution in [1.82, 2.24) is 5.32 Å². The minimum absolute atomic E-state index is 0.455. The molecule has 1 aromatic carbocycles. The Bertz CT molecular complexity index is 288. The summed E-state index contributed by atoms with van der Waals surface area (Å²) in [6.45, 7) is 0.474. The predicted octanol–water partition coefficient (Wildman–Crippen LogP) is -0.151. The van der Waals surface area contributed by atoms with Crippen LogP contribution in [0, 0.1) is 0 Å². The van der Waals surface area contributed by atoms with Gasteiger partial charge in [0.05, 0.1) is 0 Å². The standard InChI is InChI=1S/C9H13N3O/c10-5-7-2-1-3-8(4-7)9(11)12-6-13/h1-4,6,9H,5,10-11H2,(H,12,13). The Morgan fingerprint density at radius 1 is 1.54 bits per heavy atom. The first-order valence-electron chi connectivity index (χ1n) is 4.02. The van der Waals surface area contributed by atoms with Gasteiger partial charge in [-0.1, -0.05) is 24.3 Å². The van der Waals surface area contributed by atoms with E-state index in [0.717, 1.165) is 11.1 Å². The lowest BCUT2D eigenvalue weighted by molar-refractivity contribution is -0.110. The summed E-state index contributed by atoms with van der Waals surface area (Å²) in [6.07, 6.45) is 0.128. The van der Waals surface area contributed by atoms with E-state index in [2.05, 4.69) is 5.32 Å². The predicted molar refractivity (Wildman–Crippen MR) is 50.5 cm³/mol. The maximum absolute atomic E-state index is 10.1. The van der Waals surface area contributed by atoms with Crippen molar-refractivity contribution in [2.24, 2.45) is 11.5 Å². The van der Waals surface area contributed by atoms with Crippen molar-refractivity contribution in [2.45, 2.75) is 12.7 Å². The molecule has 0 aromatic heterocycles. The van der Waals surface area contributed by atoms with Crippen molar-refractivity contribution in [3.63, 3.8) is 0 Å². The van der Waals surface area contributed by atoms with Crippen LogP contribution in [0.2, 0.25) is 0 Å². The van der Waals surface area contributed by atoms with Crippen LogP contribution in [0.15, 0.2) is 24.3 Å². The molecule has 1 atom stereocenters. The van der Waals surface area contributed by atoms with Gasteiger partial charge in [0.15, 0.2) is 0 Å². The van der Waals surface area contributed by atoms with Crippen LogP contribution in [0.4, 0.5) is 0 Å². The molecule has 4 heteroatoms. The van der Waals surface area contributed by atoms with Gasteiger partial charge in [-0.2, -0.15) is 0 Å². The fraction of sp³-hybridized carbons (Fsp3) is 0.222. The SMILES string of the molecule is NCc1cccc(C(N)NC=O)c1. The molecule has 0 aliphatic heterocycles. The van der Waals surface area contributed by atoms with E-state index in [1.165, 1.54) is 0 Å². The van der Waals surface area contributed by atoms with Crippen LogP contribution >= 0.6 is 0 Å². The Balaban J connectivity index is 2.81. The van der Waals surface area contributed by atoms with Gasteiger partial charge in [0.2, 0.25) is 6.41 Å². The van der Waals surface area contributed by atoms with Gasteiger partial charge in [-0.25, -0.2) is 0 Å². The Morgan fingerprint density at radius 3 is 2.92 bits per heavy atom. The molecule has 1 unspecified atom stereocenters. The van der Waals surface area contributed by atoms with Crippen molar-refractivity contribution in [3.8, 4) is 0 Å². The molecule has 4 nitrogen and oxygen atoms in total. The third-order valence-electron chi connectivity index (χ3n) is 1.79. The quantitative estimate of drug-likeness (QED) is 0.444. The fourth-order valence-electron chi connectivity index (χ4n) is 1.08. The minimum atomic E-state index is -0.455. The number of hydrogen-bond donors (Lipinski definition) is 3. The maximum atomic E-state index is 10.1. The molecule has 0 bridgehead atoms. The highest BCUT2D eigenvalue weighted by atomic mass is 16.1. The average molecular weight is 179 g/mol. The Morgan fingerprint density at radius 2 is 2.31 bits per heavy atom. The summed E-state index contributed by atoms with van der Waals surface area (Å²) in [5, 5.41) is 2.47. The average Bonchev–Trinajstić information content (AvgIpc) is 2.18. The van der Waals surface area contributed by atoms with Gasteiger partial charge in [-0.15, -0.1) is 0 Å². The molecule has 0 saturated carbocycles. The molecule has 0 spiro atoms. The molecule has 0 heterocycles. The molecular formula is C9H13N3O. The lowest BCUT2D eigenvalue weighted by Crippen LogP contribution is -2.27. The van der Waals surface area contributed by atoms with Crippen LogP contribution < -0.4 is 16.8 Å². The van der Waals surface area contributed by atoms with Crippen molar-refractivity contribution in [2.75, 3.05) is 0 Å². The number of carbonyl (C=O) groups is 1. The summed E-state index contributed by atoms with van der Waals surface area (Å²) in [5.74, 6) is 0. The molecular weight excluding hydrogens is 166 g/mol. The van der Waals surface area contributed by atoms with Crippen molar-refractivity contribution < 1.29 is 4.79 Å². The van der Waals surface area contributed by atoms with Crippen LogP contribution in [-0.2, 0) is 11.3 Å². The summed E-state index contributed by atoms with van der Waals surface area (Å²) in [6, 6.07) is 7.50. The van der Waals surface area contributed by atoms with Crippen molar-refractivity contribution in [3.05, 3.63) is 35.4 Å². The van der Waals surface area contributed by atoms with Crippen LogP contribution in [0.5, 0.6) is 0 Å². The van der Waals surface area contributed by atoms with E-state index < -0.39 is 6.17 Å². The second-order valence-corrected chi connectivity index (χ2v) is 2.71. The lowest BCUT2D eigenvalue weighted by atomic mass is 10.1. The Hall–Kier alpha value is -1.39. The van der Waals surface area contributed by atoms with E-state index in [1.54, 1.807) is 0 Å². The molecule has 0 fully saturated rings. The molecule has 13 heavy (non-hydrogen) atoms. The third-order valence-corrected chi connectivity index (χ3v) is 1.79. The van der Waals surface area contributed by atoms with E-state index in [9.17, 15) is 4.79 Å². The van der Waals surface area contributed by atoms with Crippen LogP contribution in [0.1, 0.15) is 17.3 Å².